The number of aromatic nitrogens is 1. The Morgan fingerprint density at radius 2 is 1.60 bits per heavy atom. The molecule has 0 spiro atoms. The quantitative estimate of drug-likeness (QED) is 0.207. The molecule has 0 saturated carbocycles. The number of methoxy groups -OCH3 is 1. The predicted molar refractivity (Wildman–Crippen MR) is 159 cm³/mol. The fourth-order valence-electron chi connectivity index (χ4n) is 4.15. The highest BCUT2D eigenvalue weighted by atomic mass is 35.5. The van der Waals surface area contributed by atoms with Crippen LogP contribution >= 0.6 is 23.2 Å². The summed E-state index contributed by atoms with van der Waals surface area (Å²) in [6.07, 6.45) is 1.35. The van der Waals surface area contributed by atoms with E-state index in [1.807, 2.05) is 0 Å². The maximum absolute atomic E-state index is 13.4. The number of halogens is 2. The van der Waals surface area contributed by atoms with Crippen molar-refractivity contribution < 1.29 is 18.3 Å². The molecule has 0 atom stereocenters. The third-order valence-electron chi connectivity index (χ3n) is 6.09. The summed E-state index contributed by atoms with van der Waals surface area (Å²) in [5.41, 5.74) is 0.581. The van der Waals surface area contributed by atoms with E-state index in [0.29, 0.717) is 32.9 Å². The first-order valence-electron chi connectivity index (χ1n) is 11.8. The lowest BCUT2D eigenvalue weighted by Crippen LogP contribution is -2.20. The fraction of sp³-hybridized carbons (Fsp3) is 0.0345. The Kier molecular flexibility index (Phi) is 7.53. The van der Waals surface area contributed by atoms with E-state index in [9.17, 15) is 18.3 Å². The molecule has 0 aliphatic carbocycles. The van der Waals surface area contributed by atoms with E-state index in [1.54, 1.807) is 72.8 Å². The van der Waals surface area contributed by atoms with Gasteiger partial charge in [0.15, 0.2) is 0 Å². The van der Waals surface area contributed by atoms with E-state index in [4.69, 9.17) is 27.9 Å². The highest BCUT2D eigenvalue weighted by Crippen LogP contribution is 2.33. The van der Waals surface area contributed by atoms with Crippen LogP contribution in [0.15, 0.2) is 106 Å². The van der Waals surface area contributed by atoms with E-state index >= 15 is 0 Å². The van der Waals surface area contributed by atoms with Gasteiger partial charge in [0.25, 0.3) is 15.6 Å². The van der Waals surface area contributed by atoms with E-state index in [-0.39, 0.29) is 27.0 Å². The molecular weight excluding hydrogens is 573 g/mol. The minimum Gasteiger partial charge on any atom is -0.494 e. The van der Waals surface area contributed by atoms with Crippen molar-refractivity contribution in [2.24, 2.45) is 4.99 Å². The van der Waals surface area contributed by atoms with Gasteiger partial charge in [0, 0.05) is 27.7 Å². The molecule has 1 aromatic heterocycles. The van der Waals surface area contributed by atoms with Crippen molar-refractivity contribution in [2.45, 2.75) is 4.90 Å². The van der Waals surface area contributed by atoms with Crippen LogP contribution in [-0.2, 0) is 10.0 Å². The van der Waals surface area contributed by atoms with E-state index in [1.165, 1.54) is 31.5 Å². The molecular formula is C29H21Cl2N3O5S. The molecule has 8 nitrogen and oxygen atoms in total. The number of sulfonamides is 1. The number of anilines is 1. The van der Waals surface area contributed by atoms with Crippen LogP contribution in [0.5, 0.6) is 11.6 Å². The number of hydrogen-bond acceptors (Lipinski definition) is 6. The summed E-state index contributed by atoms with van der Waals surface area (Å²) in [7, 11) is -2.56. The van der Waals surface area contributed by atoms with Crippen LogP contribution < -0.4 is 15.0 Å². The lowest BCUT2D eigenvalue weighted by Gasteiger charge is -2.15. The number of rotatable bonds is 7. The molecule has 0 unspecified atom stereocenters. The van der Waals surface area contributed by atoms with Crippen LogP contribution in [0.25, 0.3) is 16.5 Å². The Labute approximate surface area is 239 Å². The molecule has 0 aliphatic heterocycles. The van der Waals surface area contributed by atoms with Crippen molar-refractivity contribution >= 4 is 61.6 Å². The molecule has 1 heterocycles. The van der Waals surface area contributed by atoms with Gasteiger partial charge in [-0.05, 0) is 60.7 Å². The number of fused-ring (bicyclic) bond motifs is 1. The monoisotopic (exact) mass is 593 g/mol. The lowest BCUT2D eigenvalue weighted by molar-refractivity contribution is 0.416. The van der Waals surface area contributed by atoms with Crippen LogP contribution in [-0.4, -0.2) is 31.4 Å². The van der Waals surface area contributed by atoms with Crippen LogP contribution in [0, 0.1) is 0 Å². The lowest BCUT2D eigenvalue weighted by atomic mass is 10.1. The van der Waals surface area contributed by atoms with Crippen molar-refractivity contribution in [3.8, 4) is 17.3 Å². The minimum atomic E-state index is -3.98. The van der Waals surface area contributed by atoms with Crippen molar-refractivity contribution in [1.82, 2.24) is 4.57 Å². The van der Waals surface area contributed by atoms with Crippen molar-refractivity contribution in [2.75, 3.05) is 11.8 Å². The predicted octanol–water partition coefficient (Wildman–Crippen LogP) is 6.56. The summed E-state index contributed by atoms with van der Waals surface area (Å²) in [6, 6.07) is 23.9. The molecule has 202 valence electrons. The summed E-state index contributed by atoms with van der Waals surface area (Å²) in [4.78, 5) is 17.8. The first-order valence-corrected chi connectivity index (χ1v) is 14.1. The molecule has 5 aromatic rings. The second-order valence-electron chi connectivity index (χ2n) is 8.58. The molecule has 0 aliphatic rings. The molecule has 0 radical (unpaired) electrons. The summed E-state index contributed by atoms with van der Waals surface area (Å²) >= 11 is 12.3. The van der Waals surface area contributed by atoms with E-state index < -0.39 is 15.6 Å². The Bertz CT molecular complexity index is 1940. The number of ether oxygens (including phenoxy) is 1. The Morgan fingerprint density at radius 3 is 2.30 bits per heavy atom. The second-order valence-corrected chi connectivity index (χ2v) is 11.1. The Morgan fingerprint density at radius 1 is 0.925 bits per heavy atom. The average molecular weight is 594 g/mol. The van der Waals surface area contributed by atoms with E-state index in [0.717, 1.165) is 4.57 Å². The van der Waals surface area contributed by atoms with Gasteiger partial charge in [-0.1, -0.05) is 53.5 Å². The van der Waals surface area contributed by atoms with Crippen molar-refractivity contribution in [3.63, 3.8) is 0 Å². The number of para-hydroxylation sites is 1. The zero-order chi connectivity index (χ0) is 28.4. The van der Waals surface area contributed by atoms with Crippen molar-refractivity contribution in [3.05, 3.63) is 117 Å². The third kappa shape index (κ3) is 5.27. The molecule has 0 fully saturated rings. The standard InChI is InChI=1S/C29H21Cl2N3O5S/c1-39-27-15-14-20(40(37,38)33-19-12-10-18(30)11-13-19)16-25(27)32-17-23-21-6-2-3-7-22(21)28(35)34(29(23)36)26-9-5-4-8-24(26)31/h2-17,33,36H,1H3. The zero-order valence-electron chi connectivity index (χ0n) is 20.9. The maximum Gasteiger partial charge on any atom is 0.265 e. The van der Waals surface area contributed by atoms with Gasteiger partial charge in [-0.15, -0.1) is 0 Å². The molecule has 11 heteroatoms. The molecule has 0 saturated heterocycles. The summed E-state index contributed by atoms with van der Waals surface area (Å²) in [6.45, 7) is 0. The first kappa shape index (κ1) is 27.3. The average Bonchev–Trinajstić information content (AvgIpc) is 2.95. The molecule has 0 amide bonds. The minimum absolute atomic E-state index is 0.0643. The normalized spacial score (nSPS) is 11.7. The van der Waals surface area contributed by atoms with Gasteiger partial charge in [0.1, 0.15) is 11.4 Å². The van der Waals surface area contributed by atoms with Gasteiger partial charge in [-0.25, -0.2) is 13.0 Å². The molecule has 4 aromatic carbocycles. The molecule has 0 bridgehead atoms. The summed E-state index contributed by atoms with van der Waals surface area (Å²) < 4.78 is 35.2. The SMILES string of the molecule is COc1ccc(S(=O)(=O)Nc2ccc(Cl)cc2)cc1N=Cc1c(O)n(-c2ccccc2Cl)c(=O)c2ccccc12. The van der Waals surface area contributed by atoms with Crippen LogP contribution in [0.1, 0.15) is 5.56 Å². The first-order chi connectivity index (χ1) is 19.2. The highest BCUT2D eigenvalue weighted by Gasteiger charge is 2.19. The number of nitrogens with zero attached hydrogens (tertiary/aromatic N) is 2. The van der Waals surface area contributed by atoms with Gasteiger partial charge in [0.2, 0.25) is 5.88 Å². The van der Waals surface area contributed by atoms with Gasteiger partial charge in [-0.3, -0.25) is 14.5 Å². The van der Waals surface area contributed by atoms with Gasteiger partial charge < -0.3 is 9.84 Å². The Balaban J connectivity index is 1.63. The smallest absolute Gasteiger partial charge is 0.265 e. The van der Waals surface area contributed by atoms with Crippen LogP contribution in [0.4, 0.5) is 11.4 Å². The second kappa shape index (κ2) is 11.1. The van der Waals surface area contributed by atoms with Crippen LogP contribution in [0.2, 0.25) is 10.0 Å². The third-order valence-corrected chi connectivity index (χ3v) is 8.04. The molecule has 2 N–H and O–H groups in total. The fourth-order valence-corrected chi connectivity index (χ4v) is 5.57. The number of hydrogen-bond donors (Lipinski definition) is 2. The van der Waals surface area contributed by atoms with Crippen LogP contribution in [0.3, 0.4) is 0 Å². The van der Waals surface area contributed by atoms with Crippen molar-refractivity contribution in [1.29, 1.82) is 0 Å². The van der Waals surface area contributed by atoms with Gasteiger partial charge in [-0.2, -0.15) is 0 Å². The maximum atomic E-state index is 13.4. The number of pyridine rings is 1. The largest absolute Gasteiger partial charge is 0.494 e. The summed E-state index contributed by atoms with van der Waals surface area (Å²) in [5, 5.41) is 12.8. The van der Waals surface area contributed by atoms with Gasteiger partial charge in [0.05, 0.1) is 28.3 Å². The number of aliphatic imine (C=N–C) groups is 1. The molecule has 5 rings (SSSR count). The summed E-state index contributed by atoms with van der Waals surface area (Å²) in [5.74, 6) is -0.0855. The zero-order valence-corrected chi connectivity index (χ0v) is 23.2. The number of nitrogens with one attached hydrogen (secondary N) is 1. The molecule has 40 heavy (non-hydrogen) atoms. The van der Waals surface area contributed by atoms with E-state index in [2.05, 4.69) is 9.71 Å². The highest BCUT2D eigenvalue weighted by molar-refractivity contribution is 7.92. The topological polar surface area (TPSA) is 110 Å². The Hall–Kier alpha value is -4.31. The number of benzene rings is 4. The number of aromatic hydroxyl groups is 1. The van der Waals surface area contributed by atoms with Gasteiger partial charge >= 0.3 is 0 Å².